The summed E-state index contributed by atoms with van der Waals surface area (Å²) in [6, 6.07) is 3.31. The number of hydrogen-bond donors (Lipinski definition) is 2. The maximum atomic E-state index is 12.7. The van der Waals surface area contributed by atoms with Gasteiger partial charge >= 0.3 is 12.1 Å². The average molecular weight is 397 g/mol. The van der Waals surface area contributed by atoms with Gasteiger partial charge in [0.2, 0.25) is 0 Å². The van der Waals surface area contributed by atoms with Crippen LogP contribution in [0, 0.1) is 0 Å². The van der Waals surface area contributed by atoms with Crippen LogP contribution in [0.25, 0.3) is 0 Å². The molecule has 0 unspecified atom stereocenters. The Hall–Kier alpha value is -3.04. The lowest BCUT2D eigenvalue weighted by molar-refractivity contribution is -0.153. The van der Waals surface area contributed by atoms with Crippen LogP contribution in [0.1, 0.15) is 44.9 Å². The number of nitrogens with zero attached hydrogens (tertiary/aromatic N) is 2. The standard InChI is InChI=1S/C18H18F3N3O4/c1-24-13-5-3-2-4-11(13)15(23-24)16(25)22-12-7-6-10(17(26)27)8-14(12)28-9-18(19,20)21/h6-8H,2-5,9H2,1H3,(H,22,25)(H,26,27). The maximum absolute atomic E-state index is 12.7. The average Bonchev–Trinajstić information content (AvgIpc) is 2.97. The highest BCUT2D eigenvalue weighted by Crippen LogP contribution is 2.30. The molecule has 0 spiro atoms. The molecule has 0 bridgehead atoms. The molecular weight excluding hydrogens is 379 g/mol. The molecule has 2 aromatic rings. The van der Waals surface area contributed by atoms with E-state index in [2.05, 4.69) is 10.4 Å². The molecule has 0 atom stereocenters. The van der Waals surface area contributed by atoms with Crippen LogP contribution in [0.4, 0.5) is 18.9 Å². The number of carbonyl (C=O) groups is 2. The zero-order valence-corrected chi connectivity index (χ0v) is 15.0. The van der Waals surface area contributed by atoms with Crippen molar-refractivity contribution in [3.63, 3.8) is 0 Å². The molecule has 10 heteroatoms. The van der Waals surface area contributed by atoms with Gasteiger partial charge in [-0.2, -0.15) is 18.3 Å². The summed E-state index contributed by atoms with van der Waals surface area (Å²) in [4.78, 5) is 23.8. The molecule has 0 radical (unpaired) electrons. The summed E-state index contributed by atoms with van der Waals surface area (Å²) >= 11 is 0. The monoisotopic (exact) mass is 397 g/mol. The molecule has 2 N–H and O–H groups in total. The summed E-state index contributed by atoms with van der Waals surface area (Å²) < 4.78 is 43.9. The van der Waals surface area contributed by atoms with E-state index in [9.17, 15) is 22.8 Å². The minimum absolute atomic E-state index is 0.0607. The molecule has 28 heavy (non-hydrogen) atoms. The van der Waals surface area contributed by atoms with Gasteiger partial charge in [-0.05, 0) is 43.9 Å². The van der Waals surface area contributed by atoms with Gasteiger partial charge in [0.15, 0.2) is 12.3 Å². The van der Waals surface area contributed by atoms with E-state index in [1.54, 1.807) is 11.7 Å². The topological polar surface area (TPSA) is 93.5 Å². The third-order valence-electron chi connectivity index (χ3n) is 4.45. The van der Waals surface area contributed by atoms with Gasteiger partial charge < -0.3 is 15.2 Å². The molecule has 1 amide bonds. The Morgan fingerprint density at radius 1 is 1.29 bits per heavy atom. The van der Waals surface area contributed by atoms with E-state index in [0.717, 1.165) is 36.6 Å². The second kappa shape index (κ2) is 7.53. The molecule has 0 fully saturated rings. The van der Waals surface area contributed by atoms with Crippen LogP contribution in [0.3, 0.4) is 0 Å². The highest BCUT2D eigenvalue weighted by molar-refractivity contribution is 6.05. The Balaban J connectivity index is 1.88. The molecule has 1 aromatic heterocycles. The Morgan fingerprint density at radius 2 is 2.00 bits per heavy atom. The molecular formula is C18H18F3N3O4. The number of aromatic carboxylic acids is 1. The summed E-state index contributed by atoms with van der Waals surface area (Å²) in [5.74, 6) is -2.29. The Labute approximate surface area is 158 Å². The van der Waals surface area contributed by atoms with Crippen molar-refractivity contribution < 1.29 is 32.6 Å². The minimum atomic E-state index is -4.61. The molecule has 7 nitrogen and oxygen atoms in total. The third kappa shape index (κ3) is 4.26. The van der Waals surface area contributed by atoms with E-state index in [4.69, 9.17) is 9.84 Å². The number of nitrogens with one attached hydrogen (secondary N) is 1. The zero-order chi connectivity index (χ0) is 20.5. The Morgan fingerprint density at radius 3 is 2.68 bits per heavy atom. The number of carboxylic acid groups (broad SMARTS) is 1. The van der Waals surface area contributed by atoms with E-state index >= 15 is 0 Å². The molecule has 0 aliphatic heterocycles. The number of hydrogen-bond acceptors (Lipinski definition) is 4. The molecule has 0 saturated carbocycles. The van der Waals surface area contributed by atoms with Crippen LogP contribution in [-0.2, 0) is 19.9 Å². The van der Waals surface area contributed by atoms with E-state index in [1.165, 1.54) is 12.1 Å². The van der Waals surface area contributed by atoms with Gasteiger partial charge in [0.05, 0.1) is 11.3 Å². The van der Waals surface area contributed by atoms with Gasteiger partial charge in [-0.1, -0.05) is 0 Å². The van der Waals surface area contributed by atoms with Crippen molar-refractivity contribution in [1.82, 2.24) is 9.78 Å². The fraction of sp³-hybridized carbons (Fsp3) is 0.389. The first kappa shape index (κ1) is 19.7. The lowest BCUT2D eigenvalue weighted by Crippen LogP contribution is -2.21. The molecule has 3 rings (SSSR count). The smallest absolute Gasteiger partial charge is 0.422 e. The van der Waals surface area contributed by atoms with E-state index < -0.39 is 24.7 Å². The molecule has 0 saturated heterocycles. The number of carboxylic acids is 1. The van der Waals surface area contributed by atoms with Gasteiger partial charge in [0, 0.05) is 18.3 Å². The maximum Gasteiger partial charge on any atom is 0.422 e. The van der Waals surface area contributed by atoms with Crippen molar-refractivity contribution in [2.24, 2.45) is 7.05 Å². The van der Waals surface area contributed by atoms with Crippen LogP contribution >= 0.6 is 0 Å². The SMILES string of the molecule is Cn1nc(C(=O)Nc2ccc(C(=O)O)cc2OCC(F)(F)F)c2c1CCCC2. The second-order valence-electron chi connectivity index (χ2n) is 6.48. The van der Waals surface area contributed by atoms with Crippen molar-refractivity contribution >= 4 is 17.6 Å². The largest absolute Gasteiger partial charge is 0.482 e. The lowest BCUT2D eigenvalue weighted by atomic mass is 9.95. The predicted molar refractivity (Wildman–Crippen MR) is 92.8 cm³/mol. The van der Waals surface area contributed by atoms with Crippen molar-refractivity contribution in [1.29, 1.82) is 0 Å². The summed E-state index contributed by atoms with van der Waals surface area (Å²) in [5, 5.41) is 15.8. The number of anilines is 1. The highest BCUT2D eigenvalue weighted by Gasteiger charge is 2.30. The zero-order valence-electron chi connectivity index (χ0n) is 15.0. The summed E-state index contributed by atoms with van der Waals surface area (Å²) in [5.41, 5.74) is 1.68. The minimum Gasteiger partial charge on any atom is -0.482 e. The number of carbonyl (C=O) groups excluding carboxylic acids is 1. The lowest BCUT2D eigenvalue weighted by Gasteiger charge is -2.15. The Kier molecular flexibility index (Phi) is 5.30. The number of aromatic nitrogens is 2. The number of benzene rings is 1. The Bertz CT molecular complexity index is 922. The number of rotatable bonds is 5. The van der Waals surface area contributed by atoms with Crippen molar-refractivity contribution in [2.45, 2.75) is 31.9 Å². The number of alkyl halides is 3. The van der Waals surface area contributed by atoms with Crippen LogP contribution < -0.4 is 10.1 Å². The first-order chi connectivity index (χ1) is 13.2. The van der Waals surface area contributed by atoms with Crippen molar-refractivity contribution in [3.05, 3.63) is 40.7 Å². The number of ether oxygens (including phenoxy) is 1. The first-order valence-corrected chi connectivity index (χ1v) is 8.58. The second-order valence-corrected chi connectivity index (χ2v) is 6.48. The van der Waals surface area contributed by atoms with Gasteiger partial charge in [0.25, 0.3) is 5.91 Å². The van der Waals surface area contributed by atoms with Crippen molar-refractivity contribution in [3.8, 4) is 5.75 Å². The van der Waals surface area contributed by atoms with Gasteiger partial charge in [-0.25, -0.2) is 4.79 Å². The molecule has 1 aliphatic carbocycles. The molecule has 1 aromatic carbocycles. The molecule has 1 aliphatic rings. The molecule has 150 valence electrons. The summed E-state index contributed by atoms with van der Waals surface area (Å²) in [7, 11) is 1.74. The summed E-state index contributed by atoms with van der Waals surface area (Å²) in [6.07, 6.45) is -1.19. The highest BCUT2D eigenvalue weighted by atomic mass is 19.4. The number of fused-ring (bicyclic) bond motifs is 1. The quantitative estimate of drug-likeness (QED) is 0.808. The first-order valence-electron chi connectivity index (χ1n) is 8.58. The normalized spacial score (nSPS) is 13.7. The third-order valence-corrected chi connectivity index (χ3v) is 4.45. The van der Waals surface area contributed by atoms with E-state index in [1.807, 2.05) is 0 Å². The molecule has 1 heterocycles. The van der Waals surface area contributed by atoms with E-state index in [0.29, 0.717) is 6.42 Å². The van der Waals surface area contributed by atoms with E-state index in [-0.39, 0.29) is 22.7 Å². The van der Waals surface area contributed by atoms with Gasteiger partial charge in [-0.3, -0.25) is 9.48 Å². The van der Waals surface area contributed by atoms with Crippen LogP contribution in [0.15, 0.2) is 18.2 Å². The predicted octanol–water partition coefficient (Wildman–Crippen LogP) is 3.19. The number of aryl methyl sites for hydroxylation is 1. The summed E-state index contributed by atoms with van der Waals surface area (Å²) in [6.45, 7) is -1.61. The van der Waals surface area contributed by atoms with Crippen LogP contribution in [0.5, 0.6) is 5.75 Å². The van der Waals surface area contributed by atoms with Gasteiger partial charge in [-0.15, -0.1) is 0 Å². The fourth-order valence-electron chi connectivity index (χ4n) is 3.17. The van der Waals surface area contributed by atoms with Crippen LogP contribution in [0.2, 0.25) is 0 Å². The fourth-order valence-corrected chi connectivity index (χ4v) is 3.17. The van der Waals surface area contributed by atoms with Gasteiger partial charge in [0.1, 0.15) is 5.75 Å². The van der Waals surface area contributed by atoms with Crippen LogP contribution in [-0.4, -0.2) is 39.5 Å². The number of halogens is 3. The number of amides is 1. The van der Waals surface area contributed by atoms with Crippen molar-refractivity contribution in [2.75, 3.05) is 11.9 Å².